The van der Waals surface area contributed by atoms with Crippen LogP contribution in [0.15, 0.2) is 12.2 Å². The molecule has 0 unspecified atom stereocenters. The van der Waals surface area contributed by atoms with Gasteiger partial charge in [-0.25, -0.2) is 0 Å². The zero-order chi connectivity index (χ0) is 45.4. The molecule has 0 aromatic rings. The van der Waals surface area contributed by atoms with Crippen LogP contribution < -0.4 is 0 Å². The van der Waals surface area contributed by atoms with E-state index in [0.717, 1.165) is 6.08 Å². The van der Waals surface area contributed by atoms with Gasteiger partial charge in [-0.3, -0.25) is 9.59 Å². The average Bonchev–Trinajstić information content (AvgIpc) is 3.18. The van der Waals surface area contributed by atoms with E-state index in [1.165, 1.54) is 62.5 Å². The molecule has 0 aromatic carbocycles. The van der Waals surface area contributed by atoms with Crippen molar-refractivity contribution < 1.29 is 87.5 Å². The van der Waals surface area contributed by atoms with Crippen molar-refractivity contribution in [1.82, 2.24) is 0 Å². The lowest BCUT2D eigenvalue weighted by molar-refractivity contribution is -0.879. The molecule has 0 aliphatic carbocycles. The number of likely N-dealkylation sites (N-methyl/N-ethyl adjacent to an activating group) is 1. The van der Waals surface area contributed by atoms with E-state index in [9.17, 15) is 45.4 Å². The summed E-state index contributed by atoms with van der Waals surface area (Å²) in [4.78, 5) is 27.6. The molecule has 0 bridgehead atoms. The number of quaternary nitrogens is 1. The largest absolute Gasteiger partial charge is 0.633 e. The number of nitrogens with zero attached hydrogens (tertiary/aromatic N) is 1. The smallest absolute Gasteiger partial charge is 0.308 e. The van der Waals surface area contributed by atoms with E-state index in [4.69, 9.17) is 42.6 Å². The maximum absolute atomic E-state index is 13.8. The highest BCUT2D eigenvalue weighted by Gasteiger charge is 2.52. The number of aliphatic hydroxyl groups excluding tert-OH is 5. The Morgan fingerprint density at radius 3 is 2.02 bits per heavy atom. The number of carbonyl (C=O) groups excluding carboxylic acids is 2. The van der Waals surface area contributed by atoms with Crippen LogP contribution in [0, 0.1) is 28.9 Å². The molecule has 0 spiro atoms. The summed E-state index contributed by atoms with van der Waals surface area (Å²) < 4.78 is 51.4. The van der Waals surface area contributed by atoms with E-state index >= 15 is 0 Å². The van der Waals surface area contributed by atoms with Crippen molar-refractivity contribution in [1.29, 1.82) is 0 Å². The van der Waals surface area contributed by atoms with Crippen molar-refractivity contribution in [2.75, 3.05) is 49.1 Å². The fourth-order valence-electron chi connectivity index (χ4n) is 8.61. The van der Waals surface area contributed by atoms with E-state index in [1.807, 2.05) is 0 Å². The van der Waals surface area contributed by atoms with E-state index in [-0.39, 0.29) is 25.9 Å². The lowest BCUT2D eigenvalue weighted by Gasteiger charge is -2.52. The Hall–Kier alpha value is -1.76. The van der Waals surface area contributed by atoms with Crippen LogP contribution in [0.2, 0.25) is 0 Å². The number of esters is 1. The summed E-state index contributed by atoms with van der Waals surface area (Å²) in [6, 6.07) is -1.28. The second kappa shape index (κ2) is 22.7. The molecular weight excluding hydrogens is 794 g/mol. The van der Waals surface area contributed by atoms with Crippen molar-refractivity contribution >= 4 is 11.8 Å². The fourth-order valence-corrected chi connectivity index (χ4v) is 8.61. The average molecular weight is 868 g/mol. The van der Waals surface area contributed by atoms with E-state index in [0.29, 0.717) is 0 Å². The minimum atomic E-state index is -2.08. The molecule has 3 heterocycles. The highest BCUT2D eigenvalue weighted by atomic mass is 16.7. The SMILES string of the molecule is CC[C@H]1OC(=O)C[C@@H](O)[C@H](C)[C@@H](O[C@@H]2O[C@H](C)[C@@H](O)[C@@H]([N+](C)(C)[O-])[C@H]2O)[C@@H](CC(OC)OC)C[C@@H](C)C(=O)/C=C/[C@@](C)(O)[C@H](O)[C@@H]1CO[C@@H]1O[C@H](C)[C@@H](O)[C@@H](OC)[C@H]1OC. The first-order valence-corrected chi connectivity index (χ1v) is 20.8. The number of aliphatic hydroxyl groups is 6. The van der Waals surface area contributed by atoms with Gasteiger partial charge >= 0.3 is 5.97 Å². The summed E-state index contributed by atoms with van der Waals surface area (Å²) in [5.41, 5.74) is -2.08. The molecule has 2 saturated heterocycles. The van der Waals surface area contributed by atoms with Crippen molar-refractivity contribution in [2.45, 2.75) is 165 Å². The Bertz CT molecular complexity index is 1360. The number of ether oxygens (including phenoxy) is 9. The number of cyclic esters (lactones) is 1. The van der Waals surface area contributed by atoms with Gasteiger partial charge in [0.2, 0.25) is 0 Å². The molecule has 19 heteroatoms. The highest BCUT2D eigenvalue weighted by Crippen LogP contribution is 2.37. The van der Waals surface area contributed by atoms with Crippen LogP contribution in [0.1, 0.15) is 67.2 Å². The fraction of sp³-hybridized carbons (Fsp3) is 0.902. The molecular formula is C41H73NO18. The number of allylic oxidation sites excluding steroid dienone is 1. The minimum Gasteiger partial charge on any atom is -0.633 e. The molecule has 3 rings (SSSR count). The van der Waals surface area contributed by atoms with Gasteiger partial charge in [0.15, 0.2) is 30.8 Å². The van der Waals surface area contributed by atoms with Crippen LogP contribution in [0.5, 0.6) is 0 Å². The normalized spacial score (nSPS) is 43.8. The summed E-state index contributed by atoms with van der Waals surface area (Å²) in [6.45, 7) is 9.06. The van der Waals surface area contributed by atoms with Gasteiger partial charge in [-0.2, -0.15) is 0 Å². The number of hydrogen-bond acceptors (Lipinski definition) is 18. The first kappa shape index (κ1) is 52.6. The lowest BCUT2D eigenvalue weighted by atomic mass is 9.79. The van der Waals surface area contributed by atoms with Crippen LogP contribution in [0.25, 0.3) is 0 Å². The van der Waals surface area contributed by atoms with Gasteiger partial charge in [-0.1, -0.05) is 20.8 Å². The number of ketones is 1. The van der Waals surface area contributed by atoms with Crippen LogP contribution >= 0.6 is 0 Å². The van der Waals surface area contributed by atoms with Crippen LogP contribution in [0.4, 0.5) is 0 Å². The number of rotatable bonds is 13. The second-order valence-electron chi connectivity index (χ2n) is 17.3. The predicted octanol–water partition coefficient (Wildman–Crippen LogP) is 0.161. The van der Waals surface area contributed by atoms with Gasteiger partial charge in [0.25, 0.3) is 0 Å². The van der Waals surface area contributed by atoms with Gasteiger partial charge < -0.3 is 83.1 Å². The molecule has 0 amide bonds. The molecule has 3 aliphatic rings. The number of hydrogen-bond donors (Lipinski definition) is 6. The summed E-state index contributed by atoms with van der Waals surface area (Å²) >= 11 is 0. The summed E-state index contributed by atoms with van der Waals surface area (Å²) in [5, 5.41) is 81.4. The second-order valence-corrected chi connectivity index (χ2v) is 17.3. The molecule has 60 heavy (non-hydrogen) atoms. The van der Waals surface area contributed by atoms with Crippen LogP contribution in [0.3, 0.4) is 0 Å². The van der Waals surface area contributed by atoms with Crippen molar-refractivity contribution in [3.63, 3.8) is 0 Å². The zero-order valence-electron chi connectivity index (χ0n) is 37.2. The van der Waals surface area contributed by atoms with Gasteiger partial charge in [-0.15, -0.1) is 0 Å². The van der Waals surface area contributed by atoms with Crippen LogP contribution in [-0.4, -0.2) is 194 Å². The Balaban J connectivity index is 2.08. The molecule has 6 N–H and O–H groups in total. The first-order chi connectivity index (χ1) is 28.0. The summed E-state index contributed by atoms with van der Waals surface area (Å²) in [5.74, 6) is -4.83. The van der Waals surface area contributed by atoms with E-state index in [2.05, 4.69) is 0 Å². The Morgan fingerprint density at radius 1 is 0.883 bits per heavy atom. The molecule has 3 aliphatic heterocycles. The maximum atomic E-state index is 13.8. The molecule has 0 saturated carbocycles. The predicted molar refractivity (Wildman–Crippen MR) is 212 cm³/mol. The minimum absolute atomic E-state index is 0.0722. The van der Waals surface area contributed by atoms with E-state index < -0.39 is 144 Å². The Morgan fingerprint density at radius 2 is 1.47 bits per heavy atom. The molecule has 0 radical (unpaired) electrons. The summed E-state index contributed by atoms with van der Waals surface area (Å²) in [7, 11) is 8.21. The quantitative estimate of drug-likeness (QED) is 0.0624. The first-order valence-electron chi connectivity index (χ1n) is 20.8. The number of carbonyl (C=O) groups is 2. The Kier molecular flexibility index (Phi) is 19.9. The lowest BCUT2D eigenvalue weighted by Crippen LogP contribution is -2.67. The molecule has 19 atom stereocenters. The van der Waals surface area contributed by atoms with E-state index in [1.54, 1.807) is 27.7 Å². The van der Waals surface area contributed by atoms with Crippen molar-refractivity contribution in [3.8, 4) is 0 Å². The Labute approximate surface area is 353 Å². The number of methoxy groups -OCH3 is 4. The third-order valence-electron chi connectivity index (χ3n) is 12.5. The number of hydroxylamine groups is 3. The zero-order valence-corrected chi connectivity index (χ0v) is 37.2. The maximum Gasteiger partial charge on any atom is 0.308 e. The standard InChI is InChI=1S/C41H73NO18/c1-13-28-25(19-56-40-37(55-12)36(54-11)33(47)23(5)58-40)38(49)41(6,50)15-14-26(43)20(2)16-24(17-30(52-9)53-10)35(21(3)27(44)18-29(45)59-28)60-39-34(48)31(42(7,8)51)32(46)22(4)57-39/h14-15,20-25,27-28,30-40,44,46-50H,13,16-19H2,1-12H3/b15-14+/t20-,21+,22-,23-,24-,25-,27-,28-,31-,32-,33-,34-,35-,36-,37-,38-,39+,40-,41-/m1/s1. The van der Waals surface area contributed by atoms with Crippen molar-refractivity contribution in [2.24, 2.45) is 23.7 Å². The van der Waals surface area contributed by atoms with Crippen LogP contribution in [-0.2, 0) is 52.2 Å². The monoisotopic (exact) mass is 867 g/mol. The van der Waals surface area contributed by atoms with Gasteiger partial charge in [-0.05, 0) is 51.7 Å². The van der Waals surface area contributed by atoms with Gasteiger partial charge in [0.05, 0.1) is 57.6 Å². The molecule has 0 aromatic heterocycles. The molecule has 2 fully saturated rings. The molecule has 19 nitrogen and oxygen atoms in total. The highest BCUT2D eigenvalue weighted by molar-refractivity contribution is 5.91. The third kappa shape index (κ3) is 12.9. The molecule has 350 valence electrons. The topological polar surface area (TPSA) is 262 Å². The third-order valence-corrected chi connectivity index (χ3v) is 12.5. The van der Waals surface area contributed by atoms with Gasteiger partial charge in [0, 0.05) is 52.6 Å². The van der Waals surface area contributed by atoms with Crippen molar-refractivity contribution in [3.05, 3.63) is 17.4 Å². The van der Waals surface area contributed by atoms with Gasteiger partial charge in [0.1, 0.15) is 42.2 Å². The summed E-state index contributed by atoms with van der Waals surface area (Å²) in [6.07, 6.45) is -14.2.